The average molecular weight is 1120 g/mol. The summed E-state index contributed by atoms with van der Waals surface area (Å²) < 4.78 is 33.1. The van der Waals surface area contributed by atoms with Crippen LogP contribution in [0.2, 0.25) is 0 Å². The minimum atomic E-state index is -0.603. The van der Waals surface area contributed by atoms with Gasteiger partial charge in [0, 0.05) is 90.7 Å². The number of carbonyl (C=O) groups is 2. The van der Waals surface area contributed by atoms with Crippen LogP contribution in [-0.4, -0.2) is 94.8 Å². The van der Waals surface area contributed by atoms with E-state index in [0.717, 1.165) is 96.0 Å². The van der Waals surface area contributed by atoms with Crippen molar-refractivity contribution in [2.24, 2.45) is 49.7 Å². The number of carbonyl (C=O) groups excluding carboxylic acids is 2. The van der Waals surface area contributed by atoms with Gasteiger partial charge in [-0.3, -0.25) is 18.8 Å². The molecule has 0 amide bonds. The Morgan fingerprint density at radius 3 is 1.52 bits per heavy atom. The molecule has 0 aromatic carbocycles. The standard InChI is InChI=1S/2C19H23N5O2.C19H21N5O2.CH5NO.CH4/c1-10-21-17(26-23-10)14-12-6-7-13-18(2,3)16-11(9-20-25-16)8-19(13,4)15(12)22-24(14)5;2*1-10-21-17(26-23-10)14-11-7-8-13-18(2,3)16(25)12(20-5)9-19(13,4)15(11)22-24(14)6;1-2-3;/h9,13H,6-8H2,1-5H3;12-13H,7-9H2,1-4,6H3;9,13H,7-8H2,1-4,6H3;2-3H,1H3;1H4/t13-,19-;12?,13-,19-;13-,19-;;/m000../s1/i;;;;1T. The van der Waals surface area contributed by atoms with E-state index in [-0.39, 0.29) is 45.3 Å². The molecule has 434 valence electrons. The Bertz CT molecular complexity index is 3760. The van der Waals surface area contributed by atoms with Gasteiger partial charge in [-0.2, -0.15) is 30.2 Å². The first-order chi connectivity index (χ1) is 39.1. The lowest BCUT2D eigenvalue weighted by Crippen LogP contribution is -2.56. The van der Waals surface area contributed by atoms with Gasteiger partial charge in [0.05, 0.1) is 29.9 Å². The largest absolute Gasteiger partial charge is 0.361 e. The molecule has 1 unspecified atom stereocenters. The first-order valence-corrected chi connectivity index (χ1v) is 27.6. The molecule has 7 heterocycles. The van der Waals surface area contributed by atoms with Gasteiger partial charge in [0.2, 0.25) is 11.5 Å². The number of Topliss-reactive ketones (excluding diaryl/α,β-unsaturated/α-hetero) is 2. The quantitative estimate of drug-likeness (QED) is 0.123. The van der Waals surface area contributed by atoms with Gasteiger partial charge in [-0.15, -0.1) is 0 Å². The third-order valence-corrected chi connectivity index (χ3v) is 19.0. The lowest BCUT2D eigenvalue weighted by Gasteiger charge is -2.51. The maximum Gasteiger partial charge on any atom is 0.282 e. The van der Waals surface area contributed by atoms with Crippen LogP contribution in [0.1, 0.15) is 159 Å². The van der Waals surface area contributed by atoms with Gasteiger partial charge in [-0.05, 0) is 83.5 Å². The van der Waals surface area contributed by atoms with Crippen LogP contribution in [0.15, 0.2) is 36.1 Å². The van der Waals surface area contributed by atoms with Gasteiger partial charge >= 0.3 is 0 Å². The summed E-state index contributed by atoms with van der Waals surface area (Å²) in [7, 11) is 8.39. The van der Waals surface area contributed by atoms with Crippen LogP contribution in [0.5, 0.6) is 0 Å². The number of nitrogens with one attached hydrogen (secondary N) is 1. The van der Waals surface area contributed by atoms with E-state index >= 15 is 0 Å². The number of hydroxylamine groups is 1. The Balaban J connectivity index is 0.000000144. The second-order valence-electron chi connectivity index (χ2n) is 25.2. The van der Waals surface area contributed by atoms with E-state index in [1.807, 2.05) is 77.4 Å². The van der Waals surface area contributed by atoms with Crippen LogP contribution in [-0.2, 0) is 78.1 Å². The highest BCUT2D eigenvalue weighted by atomic mass is 16.5. The number of rotatable bonds is 3. The smallest absolute Gasteiger partial charge is 0.282 e. The number of aryl methyl sites for hydroxylation is 6. The van der Waals surface area contributed by atoms with Gasteiger partial charge in [0.1, 0.15) is 22.8 Å². The van der Waals surface area contributed by atoms with Crippen LogP contribution >= 0.6 is 0 Å². The number of fused-ring (bicyclic) bond motifs is 10. The zero-order valence-corrected chi connectivity index (χ0v) is 50.2. The SMILES string of the molecule is CNO.Cc1noc(-c2c3c(nn2C)[C@@]2(C)Cc4cnoc4C(C)(C)[C@@H]2CC3)n1.[3H]C.[C-]#[N+]C1=C[C@]2(C)c3nn(C)c(-c4nc(C)no4)c3CC[C@H]2C(C)(C)C1=O.[C-]#[N+]C1C[C@]2(C)c3nn(C)c(-c4nc(C)no4)c3CC[C@H]2C(C)(C)C1=O. The summed E-state index contributed by atoms with van der Waals surface area (Å²) in [6.07, 6.45) is 10.5. The number of ketones is 2. The molecule has 0 radical (unpaired) electrons. The molecule has 1 fully saturated rings. The molecule has 23 nitrogen and oxygen atoms in total. The summed E-state index contributed by atoms with van der Waals surface area (Å²) in [4.78, 5) is 45.9. The topological polar surface area (TPSA) is 271 Å². The summed E-state index contributed by atoms with van der Waals surface area (Å²) in [6.45, 7) is 39.4. The van der Waals surface area contributed by atoms with Crippen LogP contribution in [0.4, 0.5) is 0 Å². The van der Waals surface area contributed by atoms with Crippen molar-refractivity contribution in [3.05, 3.63) is 103 Å². The van der Waals surface area contributed by atoms with E-state index in [0.29, 0.717) is 47.5 Å². The molecule has 23 heteroatoms. The van der Waals surface area contributed by atoms with Crippen molar-refractivity contribution >= 4 is 11.6 Å². The van der Waals surface area contributed by atoms with Gasteiger partial charge in [0.15, 0.2) is 23.3 Å². The Hall–Kier alpha value is -7.76. The van der Waals surface area contributed by atoms with Crippen LogP contribution in [0.3, 0.4) is 0 Å². The molecule has 6 aliphatic carbocycles. The lowest BCUT2D eigenvalue weighted by molar-refractivity contribution is -0.137. The van der Waals surface area contributed by atoms with Crippen LogP contribution in [0.25, 0.3) is 44.4 Å². The first-order valence-electron chi connectivity index (χ1n) is 28.6. The van der Waals surface area contributed by atoms with Crippen LogP contribution < -0.4 is 5.48 Å². The average Bonchev–Trinajstić information content (AvgIpc) is 1.94. The van der Waals surface area contributed by atoms with Crippen LogP contribution in [0, 0.1) is 62.5 Å². The minimum Gasteiger partial charge on any atom is -0.361 e. The molecule has 13 rings (SSSR count). The van der Waals surface area contributed by atoms with Gasteiger partial charge in [0.25, 0.3) is 23.7 Å². The number of hydrogen-bond acceptors (Lipinski definition) is 18. The van der Waals surface area contributed by atoms with Crippen molar-refractivity contribution in [3.63, 3.8) is 0 Å². The van der Waals surface area contributed by atoms with E-state index in [9.17, 15) is 9.59 Å². The van der Waals surface area contributed by atoms with Crippen molar-refractivity contribution in [3.8, 4) is 34.8 Å². The highest BCUT2D eigenvalue weighted by Gasteiger charge is 2.62. The summed E-state index contributed by atoms with van der Waals surface area (Å²) >= 11 is 0. The number of allylic oxidation sites excluding steroid dienone is 2. The van der Waals surface area contributed by atoms with Crippen molar-refractivity contribution in [1.29, 1.82) is 0 Å². The maximum absolute atomic E-state index is 12.8. The molecule has 0 spiro atoms. The number of hydrogen-bond donors (Lipinski definition) is 2. The minimum absolute atomic E-state index is 0.0675. The van der Waals surface area contributed by atoms with E-state index < -0.39 is 22.3 Å². The van der Waals surface area contributed by atoms with E-state index in [2.05, 4.69) is 79.9 Å². The molecular formula is C59H76N16O7. The highest BCUT2D eigenvalue weighted by molar-refractivity contribution is 6.02. The normalized spacial score (nSPS) is 26.5. The van der Waals surface area contributed by atoms with Crippen molar-refractivity contribution in [2.45, 2.75) is 170 Å². The fourth-order valence-electron chi connectivity index (χ4n) is 15.7. The Labute approximate surface area is 479 Å². The Kier molecular flexibility index (Phi) is 14.4. The van der Waals surface area contributed by atoms with E-state index in [1.54, 1.807) is 24.0 Å². The molecule has 1 saturated carbocycles. The fraction of sp³-hybridized carbons (Fsp3) is 0.593. The summed E-state index contributed by atoms with van der Waals surface area (Å²) in [6, 6.07) is -0.603. The van der Waals surface area contributed by atoms with E-state index in [4.69, 9.17) is 53.1 Å². The summed E-state index contributed by atoms with van der Waals surface area (Å²) in [5.74, 6) is 5.04. The molecular weight excluding hydrogens is 1040 g/mol. The molecule has 0 aliphatic heterocycles. The summed E-state index contributed by atoms with van der Waals surface area (Å²) in [5, 5.41) is 37.7. The monoisotopic (exact) mass is 1120 g/mol. The predicted octanol–water partition coefficient (Wildman–Crippen LogP) is 9.25. The molecule has 7 atom stereocenters. The summed E-state index contributed by atoms with van der Waals surface area (Å²) in [5.41, 5.74) is 10.2. The number of aromatic nitrogens is 13. The highest BCUT2D eigenvalue weighted by Crippen LogP contribution is 2.59. The second kappa shape index (κ2) is 20.6. The molecule has 0 saturated heterocycles. The molecule has 82 heavy (non-hydrogen) atoms. The Morgan fingerprint density at radius 1 is 0.659 bits per heavy atom. The maximum atomic E-state index is 12.8. The third kappa shape index (κ3) is 8.88. The van der Waals surface area contributed by atoms with Gasteiger partial charge < -0.3 is 32.9 Å². The fourth-order valence-corrected chi connectivity index (χ4v) is 15.7. The van der Waals surface area contributed by atoms with E-state index in [1.165, 1.54) is 25.6 Å². The third-order valence-electron chi connectivity index (χ3n) is 19.0. The molecule has 7 aromatic heterocycles. The zero-order valence-electron chi connectivity index (χ0n) is 51.2. The predicted molar refractivity (Wildman–Crippen MR) is 299 cm³/mol. The van der Waals surface area contributed by atoms with Gasteiger partial charge in [-0.25, -0.2) is 16.9 Å². The zero-order chi connectivity index (χ0) is 60.7. The van der Waals surface area contributed by atoms with Crippen molar-refractivity contribution < 1.29 is 34.3 Å². The van der Waals surface area contributed by atoms with Crippen molar-refractivity contribution in [2.75, 3.05) is 7.05 Å². The second-order valence-corrected chi connectivity index (χ2v) is 25.2. The number of nitrogens with zero attached hydrogens (tertiary/aromatic N) is 15. The first kappa shape index (κ1) is 57.5. The van der Waals surface area contributed by atoms with Crippen molar-refractivity contribution in [1.82, 2.24) is 70.4 Å². The molecule has 6 aliphatic rings. The molecule has 0 bridgehead atoms. The molecule has 7 aromatic rings. The van der Waals surface area contributed by atoms with Gasteiger partial charge in [-0.1, -0.05) is 96.4 Å². The lowest BCUT2D eigenvalue weighted by atomic mass is 9.50. The Morgan fingerprint density at radius 2 is 1.09 bits per heavy atom. The molecule has 2 N–H and O–H groups in total.